The van der Waals surface area contributed by atoms with E-state index in [4.69, 9.17) is 0 Å². The summed E-state index contributed by atoms with van der Waals surface area (Å²) in [6, 6.07) is 3.44. The van der Waals surface area contributed by atoms with Crippen molar-refractivity contribution >= 4 is 27.1 Å². The number of carbonyl (C=O) groups excluding carboxylic acids is 1. The number of amides is 1. The molecule has 0 aromatic heterocycles. The van der Waals surface area contributed by atoms with Gasteiger partial charge in [-0.3, -0.25) is 4.79 Å². The first-order valence-electron chi connectivity index (χ1n) is 6.17. The Hall–Kier alpha value is -1.74. The van der Waals surface area contributed by atoms with Gasteiger partial charge in [-0.1, -0.05) is 0 Å². The predicted molar refractivity (Wildman–Crippen MR) is 76.4 cm³/mol. The minimum Gasteiger partial charge on any atom is -0.384 e. The SMILES string of the molecule is CCNc1ccc(S(=O)(=O)C(F)F)cc1NC(=O)CNC. The van der Waals surface area contributed by atoms with E-state index in [0.29, 0.717) is 12.2 Å². The van der Waals surface area contributed by atoms with Crippen molar-refractivity contribution in [3.63, 3.8) is 0 Å². The first-order chi connectivity index (χ1) is 9.82. The van der Waals surface area contributed by atoms with Gasteiger partial charge < -0.3 is 16.0 Å². The highest BCUT2D eigenvalue weighted by molar-refractivity contribution is 7.91. The van der Waals surface area contributed by atoms with Crippen LogP contribution in [-0.2, 0) is 14.6 Å². The van der Waals surface area contributed by atoms with Gasteiger partial charge in [-0.15, -0.1) is 0 Å². The molecule has 0 aliphatic heterocycles. The Balaban J connectivity index is 3.20. The third-order valence-corrected chi connectivity index (χ3v) is 3.91. The Bertz CT molecular complexity index is 606. The van der Waals surface area contributed by atoms with Gasteiger partial charge in [0.15, 0.2) is 0 Å². The van der Waals surface area contributed by atoms with Crippen molar-refractivity contribution in [3.8, 4) is 0 Å². The third kappa shape index (κ3) is 4.36. The van der Waals surface area contributed by atoms with Crippen LogP contribution in [0, 0.1) is 0 Å². The van der Waals surface area contributed by atoms with E-state index < -0.39 is 26.4 Å². The highest BCUT2D eigenvalue weighted by Gasteiger charge is 2.27. The summed E-state index contributed by atoms with van der Waals surface area (Å²) in [5, 5.41) is 8.02. The van der Waals surface area contributed by atoms with Crippen molar-refractivity contribution in [3.05, 3.63) is 18.2 Å². The molecule has 6 nitrogen and oxygen atoms in total. The highest BCUT2D eigenvalue weighted by atomic mass is 32.2. The number of hydrogen-bond donors (Lipinski definition) is 3. The number of benzene rings is 1. The van der Waals surface area contributed by atoms with Crippen molar-refractivity contribution in [2.45, 2.75) is 17.6 Å². The lowest BCUT2D eigenvalue weighted by Gasteiger charge is -2.14. The third-order valence-electron chi connectivity index (χ3n) is 2.53. The zero-order valence-electron chi connectivity index (χ0n) is 11.6. The van der Waals surface area contributed by atoms with Crippen LogP contribution in [0.2, 0.25) is 0 Å². The fraction of sp³-hybridized carbons (Fsp3) is 0.417. The fourth-order valence-electron chi connectivity index (χ4n) is 1.61. The maximum Gasteiger partial charge on any atom is 0.341 e. The Morgan fingerprint density at radius 1 is 1.29 bits per heavy atom. The van der Waals surface area contributed by atoms with E-state index in [0.717, 1.165) is 12.1 Å². The van der Waals surface area contributed by atoms with Crippen LogP contribution in [-0.4, -0.2) is 40.2 Å². The summed E-state index contributed by atoms with van der Waals surface area (Å²) in [5.74, 6) is -3.92. The lowest BCUT2D eigenvalue weighted by molar-refractivity contribution is -0.115. The quantitative estimate of drug-likeness (QED) is 0.704. The first kappa shape index (κ1) is 17.3. The molecule has 1 rings (SSSR count). The Morgan fingerprint density at radius 2 is 1.95 bits per heavy atom. The Kier molecular flexibility index (Phi) is 6.03. The molecular formula is C12H17F2N3O3S. The van der Waals surface area contributed by atoms with E-state index in [9.17, 15) is 22.0 Å². The maximum absolute atomic E-state index is 12.6. The van der Waals surface area contributed by atoms with E-state index in [2.05, 4.69) is 16.0 Å². The van der Waals surface area contributed by atoms with Crippen molar-refractivity contribution in [2.75, 3.05) is 30.8 Å². The molecule has 0 bridgehead atoms. The molecule has 0 fully saturated rings. The number of rotatable bonds is 7. The van der Waals surface area contributed by atoms with E-state index >= 15 is 0 Å². The summed E-state index contributed by atoms with van der Waals surface area (Å²) in [5.41, 5.74) is 0.592. The Morgan fingerprint density at radius 3 is 2.48 bits per heavy atom. The Labute approximate surface area is 121 Å². The molecule has 1 amide bonds. The smallest absolute Gasteiger partial charge is 0.341 e. The molecule has 118 valence electrons. The molecule has 0 spiro atoms. The number of hydrogen-bond acceptors (Lipinski definition) is 5. The lowest BCUT2D eigenvalue weighted by atomic mass is 10.2. The topological polar surface area (TPSA) is 87.3 Å². The molecule has 0 heterocycles. The first-order valence-corrected chi connectivity index (χ1v) is 7.72. The molecule has 3 N–H and O–H groups in total. The molecule has 0 saturated heterocycles. The highest BCUT2D eigenvalue weighted by Crippen LogP contribution is 2.28. The number of anilines is 2. The average molecular weight is 321 g/mol. The van der Waals surface area contributed by atoms with Crippen LogP contribution in [0.4, 0.5) is 20.2 Å². The minimum atomic E-state index is -4.71. The summed E-state index contributed by atoms with van der Waals surface area (Å²) < 4.78 is 48.1. The van der Waals surface area contributed by atoms with Crippen LogP contribution in [0.15, 0.2) is 23.1 Å². The largest absolute Gasteiger partial charge is 0.384 e. The zero-order valence-corrected chi connectivity index (χ0v) is 12.4. The summed E-state index contributed by atoms with van der Waals surface area (Å²) in [7, 11) is -3.14. The molecular weight excluding hydrogens is 304 g/mol. The summed E-state index contributed by atoms with van der Waals surface area (Å²) in [6.07, 6.45) is 0. The predicted octanol–water partition coefficient (Wildman–Crippen LogP) is 1.27. The molecule has 0 aliphatic carbocycles. The van der Waals surface area contributed by atoms with Crippen LogP contribution in [0.1, 0.15) is 6.92 Å². The maximum atomic E-state index is 12.6. The molecule has 0 atom stereocenters. The van der Waals surface area contributed by atoms with Gasteiger partial charge in [0.2, 0.25) is 15.7 Å². The summed E-state index contributed by atoms with van der Waals surface area (Å²) in [4.78, 5) is 11.0. The van der Waals surface area contributed by atoms with E-state index in [-0.39, 0.29) is 12.2 Å². The van der Waals surface area contributed by atoms with Crippen molar-refractivity contribution in [1.29, 1.82) is 0 Å². The number of carbonyl (C=O) groups is 1. The molecule has 21 heavy (non-hydrogen) atoms. The molecule has 0 unspecified atom stereocenters. The normalized spacial score (nSPS) is 11.5. The van der Waals surface area contributed by atoms with E-state index in [1.165, 1.54) is 6.07 Å². The molecule has 9 heteroatoms. The van der Waals surface area contributed by atoms with Crippen molar-refractivity contribution in [2.24, 2.45) is 0 Å². The number of nitrogens with one attached hydrogen (secondary N) is 3. The molecule has 1 aromatic carbocycles. The average Bonchev–Trinajstić information content (AvgIpc) is 2.40. The van der Waals surface area contributed by atoms with Gasteiger partial charge in [-0.05, 0) is 32.2 Å². The number of halogens is 2. The second-order valence-electron chi connectivity index (χ2n) is 4.12. The monoisotopic (exact) mass is 321 g/mol. The van der Waals surface area contributed by atoms with Gasteiger partial charge in [0.25, 0.3) is 0 Å². The number of alkyl halides is 2. The second kappa shape index (κ2) is 7.32. The van der Waals surface area contributed by atoms with Gasteiger partial charge >= 0.3 is 5.76 Å². The zero-order chi connectivity index (χ0) is 16.0. The minimum absolute atomic E-state index is 0.0113. The van der Waals surface area contributed by atoms with Gasteiger partial charge in [-0.2, -0.15) is 8.78 Å². The lowest BCUT2D eigenvalue weighted by Crippen LogP contribution is -2.25. The van der Waals surface area contributed by atoms with Gasteiger partial charge in [0, 0.05) is 6.54 Å². The molecule has 0 aliphatic rings. The van der Waals surface area contributed by atoms with Crippen LogP contribution < -0.4 is 16.0 Å². The molecule has 0 radical (unpaired) electrons. The van der Waals surface area contributed by atoms with Gasteiger partial charge in [0.1, 0.15) is 0 Å². The molecule has 1 aromatic rings. The second-order valence-corrected chi connectivity index (χ2v) is 6.04. The van der Waals surface area contributed by atoms with Crippen LogP contribution in [0.25, 0.3) is 0 Å². The van der Waals surface area contributed by atoms with Crippen LogP contribution in [0.3, 0.4) is 0 Å². The van der Waals surface area contributed by atoms with Crippen LogP contribution >= 0.6 is 0 Å². The van der Waals surface area contributed by atoms with Gasteiger partial charge in [-0.25, -0.2) is 8.42 Å². The van der Waals surface area contributed by atoms with Crippen molar-refractivity contribution < 1.29 is 22.0 Å². The molecule has 0 saturated carbocycles. The van der Waals surface area contributed by atoms with E-state index in [1.807, 2.05) is 6.92 Å². The summed E-state index contributed by atoms with van der Waals surface area (Å²) >= 11 is 0. The van der Waals surface area contributed by atoms with Gasteiger partial charge in [0.05, 0.1) is 22.8 Å². The fourth-order valence-corrected chi connectivity index (χ4v) is 2.35. The van der Waals surface area contributed by atoms with Crippen molar-refractivity contribution in [1.82, 2.24) is 5.32 Å². The standard InChI is InChI=1S/C12H17F2N3O3S/c1-3-16-9-5-4-8(21(19,20)12(13)14)6-10(9)17-11(18)7-15-2/h4-6,12,15-16H,3,7H2,1-2H3,(H,17,18). The number of sulfone groups is 1. The number of likely N-dealkylation sites (N-methyl/N-ethyl adjacent to an activating group) is 1. The van der Waals surface area contributed by atoms with Crippen LogP contribution in [0.5, 0.6) is 0 Å². The van der Waals surface area contributed by atoms with E-state index in [1.54, 1.807) is 7.05 Å². The summed E-state index contributed by atoms with van der Waals surface area (Å²) in [6.45, 7) is 2.34.